The second-order valence-electron chi connectivity index (χ2n) is 4.38. The molecule has 2 N–H and O–H groups in total. The van der Waals surface area contributed by atoms with Gasteiger partial charge in [-0.1, -0.05) is 12.1 Å². The Kier molecular flexibility index (Phi) is 4.07. The van der Waals surface area contributed by atoms with E-state index < -0.39 is 0 Å². The van der Waals surface area contributed by atoms with Crippen molar-refractivity contribution in [3.05, 3.63) is 29.8 Å². The van der Waals surface area contributed by atoms with Crippen LogP contribution >= 0.6 is 11.8 Å². The second-order valence-corrected chi connectivity index (χ2v) is 5.36. The average Bonchev–Trinajstić information content (AvgIpc) is 2.66. The van der Waals surface area contributed by atoms with E-state index in [1.165, 1.54) is 5.56 Å². The maximum Gasteiger partial charge on any atom is 0.228 e. The van der Waals surface area contributed by atoms with Crippen LogP contribution in [-0.2, 0) is 11.2 Å². The lowest BCUT2D eigenvalue weighted by Gasteiger charge is -2.16. The van der Waals surface area contributed by atoms with Gasteiger partial charge in [0.2, 0.25) is 5.91 Å². The van der Waals surface area contributed by atoms with Crippen LogP contribution in [0.1, 0.15) is 12.0 Å². The minimum Gasteiger partial charge on any atom is -0.326 e. The SMILES string of the molecule is CSCCc1ccc(N2CC(N)CC2=O)cc1. The third kappa shape index (κ3) is 3.01. The second kappa shape index (κ2) is 5.56. The first-order valence-electron chi connectivity index (χ1n) is 5.84. The molecule has 0 spiro atoms. The molecule has 1 aromatic rings. The number of carbonyl (C=O) groups is 1. The van der Waals surface area contributed by atoms with Crippen LogP contribution in [0.4, 0.5) is 5.69 Å². The molecule has 0 radical (unpaired) electrons. The number of nitrogens with two attached hydrogens (primary N) is 1. The standard InChI is InChI=1S/C13H18N2OS/c1-17-7-6-10-2-4-12(5-3-10)15-9-11(14)8-13(15)16/h2-5,11H,6-9,14H2,1H3. The van der Waals surface area contributed by atoms with Gasteiger partial charge in [-0.15, -0.1) is 0 Å². The lowest BCUT2D eigenvalue weighted by molar-refractivity contribution is -0.117. The van der Waals surface area contributed by atoms with Crippen molar-refractivity contribution in [2.45, 2.75) is 18.9 Å². The van der Waals surface area contributed by atoms with Gasteiger partial charge in [-0.05, 0) is 36.1 Å². The normalized spacial score (nSPS) is 20.0. The molecule has 1 aromatic carbocycles. The number of nitrogens with zero attached hydrogens (tertiary/aromatic N) is 1. The quantitative estimate of drug-likeness (QED) is 0.884. The van der Waals surface area contributed by atoms with Crippen LogP contribution in [0.2, 0.25) is 0 Å². The van der Waals surface area contributed by atoms with E-state index in [1.807, 2.05) is 23.9 Å². The van der Waals surface area contributed by atoms with Crippen LogP contribution in [0.5, 0.6) is 0 Å². The third-order valence-electron chi connectivity index (χ3n) is 3.00. The van der Waals surface area contributed by atoms with Crippen LogP contribution in [0, 0.1) is 0 Å². The molecule has 0 bridgehead atoms. The number of aryl methyl sites for hydroxylation is 1. The first-order valence-corrected chi connectivity index (χ1v) is 7.24. The summed E-state index contributed by atoms with van der Waals surface area (Å²) in [5, 5.41) is 0. The maximum absolute atomic E-state index is 11.7. The van der Waals surface area contributed by atoms with E-state index in [4.69, 9.17) is 5.73 Å². The zero-order valence-corrected chi connectivity index (χ0v) is 10.9. The number of thioether (sulfide) groups is 1. The molecule has 1 amide bonds. The Balaban J connectivity index is 2.05. The van der Waals surface area contributed by atoms with Gasteiger partial charge in [-0.3, -0.25) is 4.79 Å². The van der Waals surface area contributed by atoms with Gasteiger partial charge in [0.25, 0.3) is 0 Å². The van der Waals surface area contributed by atoms with Crippen molar-refractivity contribution in [1.82, 2.24) is 0 Å². The summed E-state index contributed by atoms with van der Waals surface area (Å²) in [7, 11) is 0. The van der Waals surface area contributed by atoms with E-state index in [-0.39, 0.29) is 11.9 Å². The summed E-state index contributed by atoms with van der Waals surface area (Å²) in [4.78, 5) is 13.5. The summed E-state index contributed by atoms with van der Waals surface area (Å²) >= 11 is 1.85. The molecular weight excluding hydrogens is 232 g/mol. The largest absolute Gasteiger partial charge is 0.326 e. The molecule has 3 nitrogen and oxygen atoms in total. The predicted molar refractivity (Wildman–Crippen MR) is 73.5 cm³/mol. The Hall–Kier alpha value is -1.00. The Morgan fingerprint density at radius 1 is 1.41 bits per heavy atom. The first kappa shape index (κ1) is 12.5. The number of benzene rings is 1. The van der Waals surface area contributed by atoms with Gasteiger partial charge in [0.15, 0.2) is 0 Å². The van der Waals surface area contributed by atoms with Crippen LogP contribution in [0.25, 0.3) is 0 Å². The number of hydrogen-bond acceptors (Lipinski definition) is 3. The van der Waals surface area contributed by atoms with E-state index in [0.29, 0.717) is 13.0 Å². The van der Waals surface area contributed by atoms with Crippen molar-refractivity contribution >= 4 is 23.4 Å². The summed E-state index contributed by atoms with van der Waals surface area (Å²) in [6.45, 7) is 0.642. The van der Waals surface area contributed by atoms with Gasteiger partial charge in [-0.2, -0.15) is 11.8 Å². The molecular formula is C13H18N2OS. The molecule has 92 valence electrons. The van der Waals surface area contributed by atoms with Crippen LogP contribution in [0.3, 0.4) is 0 Å². The highest BCUT2D eigenvalue weighted by molar-refractivity contribution is 7.98. The van der Waals surface area contributed by atoms with Gasteiger partial charge < -0.3 is 10.6 Å². The lowest BCUT2D eigenvalue weighted by atomic mass is 10.1. The fourth-order valence-electron chi connectivity index (χ4n) is 2.05. The Bertz CT molecular complexity index is 391. The molecule has 1 fully saturated rings. The molecule has 4 heteroatoms. The zero-order valence-electron chi connectivity index (χ0n) is 10.1. The molecule has 0 aromatic heterocycles. The highest BCUT2D eigenvalue weighted by Crippen LogP contribution is 2.21. The highest BCUT2D eigenvalue weighted by atomic mass is 32.2. The van der Waals surface area contributed by atoms with Crippen LogP contribution < -0.4 is 10.6 Å². The molecule has 0 aliphatic carbocycles. The predicted octanol–water partition coefficient (Wildman–Crippen LogP) is 1.66. The van der Waals surface area contributed by atoms with Gasteiger partial charge in [0, 0.05) is 24.7 Å². The number of rotatable bonds is 4. The third-order valence-corrected chi connectivity index (χ3v) is 3.61. The first-order chi connectivity index (χ1) is 8.20. The van der Waals surface area contributed by atoms with Crippen molar-refractivity contribution in [2.24, 2.45) is 5.73 Å². The number of amides is 1. The molecule has 17 heavy (non-hydrogen) atoms. The number of carbonyl (C=O) groups excluding carboxylic acids is 1. The van der Waals surface area contributed by atoms with Crippen molar-refractivity contribution in [2.75, 3.05) is 23.5 Å². The summed E-state index contributed by atoms with van der Waals surface area (Å²) in [6.07, 6.45) is 3.65. The smallest absolute Gasteiger partial charge is 0.228 e. The average molecular weight is 250 g/mol. The van der Waals surface area contributed by atoms with Gasteiger partial charge >= 0.3 is 0 Å². The summed E-state index contributed by atoms with van der Waals surface area (Å²) in [5.74, 6) is 1.27. The maximum atomic E-state index is 11.7. The number of hydrogen-bond donors (Lipinski definition) is 1. The molecule has 2 rings (SSSR count). The topological polar surface area (TPSA) is 46.3 Å². The summed E-state index contributed by atoms with van der Waals surface area (Å²) in [6, 6.07) is 8.22. The van der Waals surface area contributed by atoms with Crippen LogP contribution in [0.15, 0.2) is 24.3 Å². The number of anilines is 1. The Morgan fingerprint density at radius 3 is 2.65 bits per heavy atom. The van der Waals surface area contributed by atoms with Crippen molar-refractivity contribution in [3.63, 3.8) is 0 Å². The molecule has 1 heterocycles. The van der Waals surface area contributed by atoms with Crippen molar-refractivity contribution in [1.29, 1.82) is 0 Å². The van der Waals surface area contributed by atoms with Crippen molar-refractivity contribution < 1.29 is 4.79 Å². The molecule has 1 aliphatic rings. The Morgan fingerprint density at radius 2 is 2.12 bits per heavy atom. The van der Waals surface area contributed by atoms with Gasteiger partial charge in [0.05, 0.1) is 0 Å². The Labute approximate surface area is 106 Å². The minimum atomic E-state index is -0.0151. The lowest BCUT2D eigenvalue weighted by Crippen LogP contribution is -2.27. The van der Waals surface area contributed by atoms with E-state index in [1.54, 1.807) is 4.90 Å². The molecule has 1 saturated heterocycles. The highest BCUT2D eigenvalue weighted by Gasteiger charge is 2.27. The van der Waals surface area contributed by atoms with Crippen LogP contribution in [-0.4, -0.2) is 30.5 Å². The van der Waals surface area contributed by atoms with Crippen molar-refractivity contribution in [3.8, 4) is 0 Å². The van der Waals surface area contributed by atoms with E-state index in [9.17, 15) is 4.79 Å². The van der Waals surface area contributed by atoms with E-state index in [2.05, 4.69) is 18.4 Å². The minimum absolute atomic E-state index is 0.0151. The van der Waals surface area contributed by atoms with Gasteiger partial charge in [-0.25, -0.2) is 0 Å². The molecule has 1 unspecified atom stereocenters. The molecule has 1 atom stereocenters. The van der Waals surface area contributed by atoms with Gasteiger partial charge in [0.1, 0.15) is 0 Å². The fraction of sp³-hybridized carbons (Fsp3) is 0.462. The van der Waals surface area contributed by atoms with E-state index in [0.717, 1.165) is 17.9 Å². The summed E-state index contributed by atoms with van der Waals surface area (Å²) < 4.78 is 0. The molecule has 1 aliphatic heterocycles. The summed E-state index contributed by atoms with van der Waals surface area (Å²) in [5.41, 5.74) is 8.07. The van der Waals surface area contributed by atoms with E-state index >= 15 is 0 Å². The monoisotopic (exact) mass is 250 g/mol. The molecule has 0 saturated carbocycles. The fourth-order valence-corrected chi connectivity index (χ4v) is 2.49. The zero-order chi connectivity index (χ0) is 12.3.